The van der Waals surface area contributed by atoms with Crippen LogP contribution in [-0.4, -0.2) is 23.0 Å². The van der Waals surface area contributed by atoms with Gasteiger partial charge < -0.3 is 5.73 Å². The van der Waals surface area contributed by atoms with E-state index in [0.29, 0.717) is 0 Å². The van der Waals surface area contributed by atoms with Gasteiger partial charge in [-0.25, -0.2) is 0 Å². The van der Waals surface area contributed by atoms with Crippen LogP contribution in [0.4, 0.5) is 0 Å². The largest absolute Gasteiger partial charge is 0.326 e. The van der Waals surface area contributed by atoms with Crippen LogP contribution in [0.25, 0.3) is 0 Å². The second-order valence-corrected chi connectivity index (χ2v) is 6.04. The molecule has 2 rings (SSSR count). The Morgan fingerprint density at radius 3 is 2.75 bits per heavy atom. The molecule has 2 atom stereocenters. The van der Waals surface area contributed by atoms with Crippen LogP contribution in [0.3, 0.4) is 0 Å². The molecule has 2 aromatic rings. The summed E-state index contributed by atoms with van der Waals surface area (Å²) in [6, 6.07) is 8.71. The monoisotopic (exact) mass is 289 g/mol. The maximum Gasteiger partial charge on any atom is 0.0547 e. The second kappa shape index (κ2) is 6.97. The smallest absolute Gasteiger partial charge is 0.0547 e. The van der Waals surface area contributed by atoms with Gasteiger partial charge in [0.25, 0.3) is 0 Å². The average Bonchev–Trinajstić information content (AvgIpc) is 2.92. The lowest BCUT2D eigenvalue weighted by molar-refractivity contribution is 0.200. The van der Waals surface area contributed by atoms with Crippen molar-refractivity contribution < 1.29 is 0 Å². The Kier molecular flexibility index (Phi) is 5.29. The lowest BCUT2D eigenvalue weighted by Gasteiger charge is -2.31. The Bertz CT molecular complexity index is 524. The van der Waals surface area contributed by atoms with Crippen LogP contribution in [0.15, 0.2) is 35.0 Å². The lowest BCUT2D eigenvalue weighted by Crippen LogP contribution is -2.38. The topological polar surface area (TPSA) is 42.1 Å². The summed E-state index contributed by atoms with van der Waals surface area (Å²) in [5.41, 5.74) is 9.79. The fraction of sp³-hybridized carbons (Fsp3) is 0.438. The maximum absolute atomic E-state index is 6.34. The Labute approximate surface area is 125 Å². The molecule has 2 N–H and O–H groups in total. The molecule has 0 amide bonds. The van der Waals surface area contributed by atoms with Gasteiger partial charge in [-0.2, -0.15) is 11.3 Å². The van der Waals surface area contributed by atoms with E-state index >= 15 is 0 Å². The number of aromatic nitrogens is 1. The zero-order valence-electron chi connectivity index (χ0n) is 12.4. The van der Waals surface area contributed by atoms with Gasteiger partial charge >= 0.3 is 0 Å². The number of nitrogens with two attached hydrogens (primary N) is 1. The van der Waals surface area contributed by atoms with Gasteiger partial charge in [-0.3, -0.25) is 9.88 Å². The third-order valence-electron chi connectivity index (χ3n) is 3.59. The van der Waals surface area contributed by atoms with E-state index in [2.05, 4.69) is 52.8 Å². The summed E-state index contributed by atoms with van der Waals surface area (Å²) in [6.45, 7) is 4.98. The molecule has 0 aliphatic carbocycles. The van der Waals surface area contributed by atoms with Gasteiger partial charge in [-0.1, -0.05) is 13.0 Å². The van der Waals surface area contributed by atoms with Gasteiger partial charge in [0, 0.05) is 18.3 Å². The van der Waals surface area contributed by atoms with Crippen molar-refractivity contribution >= 4 is 11.3 Å². The van der Waals surface area contributed by atoms with Crippen molar-refractivity contribution in [2.75, 3.05) is 7.05 Å². The number of aryl methyl sites for hydroxylation is 1. The fourth-order valence-electron chi connectivity index (χ4n) is 2.54. The Morgan fingerprint density at radius 1 is 1.35 bits per heavy atom. The molecule has 0 saturated carbocycles. The second-order valence-electron chi connectivity index (χ2n) is 5.26. The quantitative estimate of drug-likeness (QED) is 0.886. The summed E-state index contributed by atoms with van der Waals surface area (Å²) in [6.07, 6.45) is 0.964. The van der Waals surface area contributed by atoms with Crippen molar-refractivity contribution in [3.05, 3.63) is 52.0 Å². The fourth-order valence-corrected chi connectivity index (χ4v) is 3.23. The third-order valence-corrected chi connectivity index (χ3v) is 4.30. The lowest BCUT2D eigenvalue weighted by atomic mass is 9.99. The first kappa shape index (κ1) is 15.2. The summed E-state index contributed by atoms with van der Waals surface area (Å²) in [5.74, 6) is 0. The molecule has 2 heterocycles. The van der Waals surface area contributed by atoms with E-state index in [1.807, 2.05) is 13.0 Å². The number of rotatable bonds is 6. The summed E-state index contributed by atoms with van der Waals surface area (Å²) >= 11 is 1.72. The first-order valence-electron chi connectivity index (χ1n) is 7.02. The molecule has 0 aliphatic heterocycles. The number of hydrogen-bond acceptors (Lipinski definition) is 4. The minimum atomic E-state index is 0.138. The van der Waals surface area contributed by atoms with Gasteiger partial charge in [0.1, 0.15) is 0 Å². The minimum Gasteiger partial charge on any atom is -0.326 e. The molecule has 108 valence electrons. The Hall–Kier alpha value is -1.23. The van der Waals surface area contributed by atoms with Gasteiger partial charge in [0.2, 0.25) is 0 Å². The van der Waals surface area contributed by atoms with Gasteiger partial charge in [0.15, 0.2) is 0 Å². The number of likely N-dealkylation sites (N-methyl/N-ethyl adjacent to an activating group) is 1. The molecule has 4 heteroatoms. The molecule has 0 spiro atoms. The van der Waals surface area contributed by atoms with Crippen LogP contribution in [0.1, 0.15) is 36.3 Å². The molecule has 2 unspecified atom stereocenters. The van der Waals surface area contributed by atoms with E-state index in [4.69, 9.17) is 5.73 Å². The van der Waals surface area contributed by atoms with E-state index in [-0.39, 0.29) is 12.1 Å². The van der Waals surface area contributed by atoms with Crippen molar-refractivity contribution in [2.45, 2.75) is 38.9 Å². The van der Waals surface area contributed by atoms with Gasteiger partial charge in [0.05, 0.1) is 11.7 Å². The SMILES string of the molecule is CCC(N)C(c1ccsc1)N(C)Cc1cccc(C)n1. The molecule has 2 aromatic heterocycles. The normalized spacial score (nSPS) is 14.4. The Morgan fingerprint density at radius 2 is 2.15 bits per heavy atom. The molecular formula is C16H23N3S. The first-order valence-corrected chi connectivity index (χ1v) is 7.96. The molecular weight excluding hydrogens is 266 g/mol. The number of nitrogens with zero attached hydrogens (tertiary/aromatic N) is 2. The van der Waals surface area contributed by atoms with Crippen molar-refractivity contribution in [1.29, 1.82) is 0 Å². The van der Waals surface area contributed by atoms with Crippen molar-refractivity contribution in [2.24, 2.45) is 5.73 Å². The zero-order valence-corrected chi connectivity index (χ0v) is 13.2. The average molecular weight is 289 g/mol. The number of thiophene rings is 1. The zero-order chi connectivity index (χ0) is 14.5. The van der Waals surface area contributed by atoms with Crippen molar-refractivity contribution in [1.82, 2.24) is 9.88 Å². The minimum absolute atomic E-state index is 0.138. The first-order chi connectivity index (χ1) is 9.61. The number of pyridine rings is 1. The maximum atomic E-state index is 6.34. The van der Waals surface area contributed by atoms with E-state index in [9.17, 15) is 0 Å². The standard InChI is InChI=1S/C16H23N3S/c1-4-15(17)16(13-8-9-20-11-13)19(3)10-14-7-5-6-12(2)18-14/h5-9,11,15-16H,4,10,17H2,1-3H3. The molecule has 0 aromatic carbocycles. The summed E-state index contributed by atoms with van der Waals surface area (Å²) in [4.78, 5) is 6.89. The highest BCUT2D eigenvalue weighted by molar-refractivity contribution is 7.07. The van der Waals surface area contributed by atoms with Crippen LogP contribution < -0.4 is 5.73 Å². The highest BCUT2D eigenvalue weighted by atomic mass is 32.1. The molecule has 3 nitrogen and oxygen atoms in total. The molecule has 20 heavy (non-hydrogen) atoms. The van der Waals surface area contributed by atoms with Crippen LogP contribution in [0.5, 0.6) is 0 Å². The highest BCUT2D eigenvalue weighted by Gasteiger charge is 2.23. The van der Waals surface area contributed by atoms with Crippen LogP contribution in [0.2, 0.25) is 0 Å². The van der Waals surface area contributed by atoms with Gasteiger partial charge in [-0.15, -0.1) is 0 Å². The van der Waals surface area contributed by atoms with Gasteiger partial charge in [-0.05, 0) is 54.9 Å². The molecule has 0 bridgehead atoms. The van der Waals surface area contributed by atoms with Crippen LogP contribution in [-0.2, 0) is 6.54 Å². The van der Waals surface area contributed by atoms with E-state index in [1.165, 1.54) is 5.56 Å². The third kappa shape index (κ3) is 3.66. The molecule has 0 radical (unpaired) electrons. The highest BCUT2D eigenvalue weighted by Crippen LogP contribution is 2.27. The van der Waals surface area contributed by atoms with Crippen molar-refractivity contribution in [3.63, 3.8) is 0 Å². The van der Waals surface area contributed by atoms with Crippen LogP contribution >= 0.6 is 11.3 Å². The van der Waals surface area contributed by atoms with E-state index in [1.54, 1.807) is 11.3 Å². The predicted molar refractivity (Wildman–Crippen MR) is 85.8 cm³/mol. The van der Waals surface area contributed by atoms with E-state index in [0.717, 1.165) is 24.4 Å². The molecule has 0 saturated heterocycles. The molecule has 0 fully saturated rings. The summed E-state index contributed by atoms with van der Waals surface area (Å²) in [5, 5.41) is 4.31. The predicted octanol–water partition coefficient (Wildman–Crippen LogP) is 3.36. The van der Waals surface area contributed by atoms with E-state index < -0.39 is 0 Å². The summed E-state index contributed by atoms with van der Waals surface area (Å²) < 4.78 is 0. The molecule has 0 aliphatic rings. The van der Waals surface area contributed by atoms with Crippen molar-refractivity contribution in [3.8, 4) is 0 Å². The Balaban J connectivity index is 2.17. The van der Waals surface area contributed by atoms with Crippen LogP contribution in [0, 0.1) is 6.92 Å². The summed E-state index contributed by atoms with van der Waals surface area (Å²) in [7, 11) is 2.13. The number of hydrogen-bond donors (Lipinski definition) is 1.